The molecule has 1 heterocycles. The molecule has 5 rings (SSSR count). The van der Waals surface area contributed by atoms with Crippen molar-refractivity contribution in [2.45, 2.75) is 56.5 Å². The molecule has 1 aliphatic heterocycles. The number of hydrogen-bond acceptors (Lipinski definition) is 4. The first-order valence-corrected chi connectivity index (χ1v) is 12.2. The van der Waals surface area contributed by atoms with Crippen molar-refractivity contribution in [2.75, 3.05) is 13.2 Å². The Bertz CT molecular complexity index is 1050. The Morgan fingerprint density at radius 1 is 0.941 bits per heavy atom. The molecule has 2 amide bonds. The van der Waals surface area contributed by atoms with Gasteiger partial charge in [-0.15, -0.1) is 0 Å². The lowest BCUT2D eigenvalue weighted by Crippen LogP contribution is -2.50. The number of aliphatic carboxylic acids is 1. The fourth-order valence-corrected chi connectivity index (χ4v) is 5.83. The van der Waals surface area contributed by atoms with Gasteiger partial charge in [0, 0.05) is 24.4 Å². The first-order chi connectivity index (χ1) is 16.5. The molecule has 7 nitrogen and oxygen atoms in total. The summed E-state index contributed by atoms with van der Waals surface area (Å²) in [5.41, 5.74) is 4.69. The van der Waals surface area contributed by atoms with Crippen LogP contribution in [-0.2, 0) is 14.3 Å². The normalized spacial score (nSPS) is 23.8. The number of ether oxygens (including phenoxy) is 1. The fourth-order valence-electron chi connectivity index (χ4n) is 5.83. The molecule has 2 N–H and O–H groups in total. The molecular weight excluding hydrogens is 432 g/mol. The summed E-state index contributed by atoms with van der Waals surface area (Å²) in [6.45, 7) is 0.750. The van der Waals surface area contributed by atoms with E-state index in [1.807, 2.05) is 24.3 Å². The van der Waals surface area contributed by atoms with Crippen molar-refractivity contribution in [1.29, 1.82) is 0 Å². The third kappa shape index (κ3) is 4.27. The van der Waals surface area contributed by atoms with Crippen molar-refractivity contribution in [3.8, 4) is 11.1 Å². The zero-order valence-electron chi connectivity index (χ0n) is 19.1. The molecule has 7 heteroatoms. The van der Waals surface area contributed by atoms with E-state index in [4.69, 9.17) is 4.74 Å². The average Bonchev–Trinajstić information content (AvgIpc) is 3.45. The number of rotatable bonds is 5. The predicted molar refractivity (Wildman–Crippen MR) is 126 cm³/mol. The topological polar surface area (TPSA) is 95.9 Å². The number of hydrogen-bond donors (Lipinski definition) is 2. The number of benzene rings is 2. The minimum absolute atomic E-state index is 0.00288. The van der Waals surface area contributed by atoms with E-state index in [9.17, 15) is 19.5 Å². The van der Waals surface area contributed by atoms with Crippen LogP contribution in [0.3, 0.4) is 0 Å². The first kappa shape index (κ1) is 22.4. The number of carboxylic acids is 1. The average molecular weight is 463 g/mol. The van der Waals surface area contributed by atoms with Gasteiger partial charge >= 0.3 is 12.1 Å². The first-order valence-electron chi connectivity index (χ1n) is 12.2. The lowest BCUT2D eigenvalue weighted by Gasteiger charge is -2.34. The zero-order valence-corrected chi connectivity index (χ0v) is 19.1. The standard InChI is InChI=1S/C27H30N2O5/c30-25(29-14-6-5-11-24(29)26(31)32)17-12-13-18(15-17)28-27(33)34-16-23-21-9-3-1-7-19(21)20-8-2-4-10-22(20)23/h1-4,7-10,17-18,23-24H,5-6,11-16H2,(H,28,33)(H,31,32)/t17-,18+,24-/m0/s1. The van der Waals surface area contributed by atoms with Gasteiger partial charge in [0.1, 0.15) is 12.6 Å². The smallest absolute Gasteiger partial charge is 0.407 e. The largest absolute Gasteiger partial charge is 0.480 e. The van der Waals surface area contributed by atoms with Crippen LogP contribution in [0.25, 0.3) is 11.1 Å². The van der Waals surface area contributed by atoms with Crippen LogP contribution >= 0.6 is 0 Å². The summed E-state index contributed by atoms with van der Waals surface area (Å²) >= 11 is 0. The summed E-state index contributed by atoms with van der Waals surface area (Å²) in [4.78, 5) is 38.7. The van der Waals surface area contributed by atoms with Crippen molar-refractivity contribution in [1.82, 2.24) is 10.2 Å². The highest BCUT2D eigenvalue weighted by atomic mass is 16.5. The Hall–Kier alpha value is -3.35. The van der Waals surface area contributed by atoms with Crippen molar-refractivity contribution >= 4 is 18.0 Å². The number of nitrogens with one attached hydrogen (secondary N) is 1. The second-order valence-corrected chi connectivity index (χ2v) is 9.56. The maximum atomic E-state index is 13.0. The summed E-state index contributed by atoms with van der Waals surface area (Å²) < 4.78 is 5.64. The van der Waals surface area contributed by atoms with Gasteiger partial charge in [0.25, 0.3) is 0 Å². The predicted octanol–water partition coefficient (Wildman–Crippen LogP) is 4.16. The maximum absolute atomic E-state index is 13.0. The van der Waals surface area contributed by atoms with E-state index in [2.05, 4.69) is 29.6 Å². The molecule has 1 saturated heterocycles. The van der Waals surface area contributed by atoms with Gasteiger partial charge in [0.05, 0.1) is 0 Å². The van der Waals surface area contributed by atoms with E-state index in [0.29, 0.717) is 32.2 Å². The van der Waals surface area contributed by atoms with Crippen LogP contribution in [0.15, 0.2) is 48.5 Å². The molecule has 2 aromatic carbocycles. The lowest BCUT2D eigenvalue weighted by atomic mass is 9.98. The Morgan fingerprint density at radius 2 is 1.62 bits per heavy atom. The summed E-state index contributed by atoms with van der Waals surface area (Å²) in [5.74, 6) is -1.27. The van der Waals surface area contributed by atoms with Crippen LogP contribution in [-0.4, -0.2) is 53.2 Å². The van der Waals surface area contributed by atoms with E-state index in [-0.39, 0.29) is 30.4 Å². The zero-order chi connectivity index (χ0) is 23.7. The Balaban J connectivity index is 1.16. The number of carbonyl (C=O) groups is 3. The molecule has 0 aromatic heterocycles. The van der Waals surface area contributed by atoms with Crippen molar-refractivity contribution < 1.29 is 24.2 Å². The van der Waals surface area contributed by atoms with Crippen LogP contribution in [0, 0.1) is 5.92 Å². The van der Waals surface area contributed by atoms with Gasteiger partial charge in [0.15, 0.2) is 0 Å². The molecule has 1 saturated carbocycles. The van der Waals surface area contributed by atoms with Crippen LogP contribution in [0.2, 0.25) is 0 Å². The molecular formula is C27H30N2O5. The van der Waals surface area contributed by atoms with Crippen LogP contribution in [0.4, 0.5) is 4.79 Å². The van der Waals surface area contributed by atoms with E-state index >= 15 is 0 Å². The molecule has 2 aliphatic carbocycles. The molecule has 2 aromatic rings. The second-order valence-electron chi connectivity index (χ2n) is 9.56. The third-order valence-corrected chi connectivity index (χ3v) is 7.52. The van der Waals surface area contributed by atoms with Crippen LogP contribution in [0.5, 0.6) is 0 Å². The SMILES string of the molecule is O=C(N[C@@H]1CC[C@H](C(=O)N2CCCC[C@H]2C(=O)O)C1)OCC1c2ccccc2-c2ccccc21. The van der Waals surface area contributed by atoms with Gasteiger partial charge in [-0.1, -0.05) is 48.5 Å². The molecule has 0 bridgehead atoms. The van der Waals surface area contributed by atoms with Crippen molar-refractivity contribution in [3.63, 3.8) is 0 Å². The molecule has 0 unspecified atom stereocenters. The van der Waals surface area contributed by atoms with Gasteiger partial charge < -0.3 is 20.1 Å². The minimum Gasteiger partial charge on any atom is -0.480 e. The molecule has 3 aliphatic rings. The van der Waals surface area contributed by atoms with E-state index < -0.39 is 18.1 Å². The van der Waals surface area contributed by atoms with E-state index in [0.717, 1.165) is 24.0 Å². The quantitative estimate of drug-likeness (QED) is 0.696. The number of amides is 2. The van der Waals surface area contributed by atoms with Gasteiger partial charge in [-0.05, 0) is 60.8 Å². The number of carbonyl (C=O) groups excluding carboxylic acids is 2. The van der Waals surface area contributed by atoms with Gasteiger partial charge in [-0.25, -0.2) is 9.59 Å². The fraction of sp³-hybridized carbons (Fsp3) is 0.444. The van der Waals surface area contributed by atoms with Crippen LogP contribution < -0.4 is 5.32 Å². The Morgan fingerprint density at radius 3 is 2.29 bits per heavy atom. The minimum atomic E-state index is -0.931. The van der Waals surface area contributed by atoms with Gasteiger partial charge in [-0.2, -0.15) is 0 Å². The monoisotopic (exact) mass is 462 g/mol. The molecule has 0 spiro atoms. The summed E-state index contributed by atoms with van der Waals surface area (Å²) in [6.07, 6.45) is 3.56. The third-order valence-electron chi connectivity index (χ3n) is 7.52. The second kappa shape index (κ2) is 9.49. The molecule has 34 heavy (non-hydrogen) atoms. The van der Waals surface area contributed by atoms with Gasteiger partial charge in [0.2, 0.25) is 5.91 Å². The number of alkyl carbamates (subject to hydrolysis) is 1. The maximum Gasteiger partial charge on any atom is 0.407 e. The molecule has 178 valence electrons. The highest BCUT2D eigenvalue weighted by molar-refractivity contribution is 5.85. The summed E-state index contributed by atoms with van der Waals surface area (Å²) in [6, 6.07) is 15.5. The number of piperidine rings is 1. The van der Waals surface area contributed by atoms with Crippen molar-refractivity contribution in [2.24, 2.45) is 5.92 Å². The summed E-state index contributed by atoms with van der Waals surface area (Å²) in [5, 5.41) is 12.4. The number of likely N-dealkylation sites (tertiary alicyclic amines) is 1. The highest BCUT2D eigenvalue weighted by Crippen LogP contribution is 2.44. The molecule has 3 atom stereocenters. The number of nitrogens with zero attached hydrogens (tertiary/aromatic N) is 1. The van der Waals surface area contributed by atoms with Gasteiger partial charge in [-0.3, -0.25) is 4.79 Å². The molecule has 0 radical (unpaired) electrons. The van der Waals surface area contributed by atoms with Crippen LogP contribution in [0.1, 0.15) is 55.6 Å². The summed E-state index contributed by atoms with van der Waals surface area (Å²) in [7, 11) is 0. The molecule has 2 fully saturated rings. The van der Waals surface area contributed by atoms with E-state index in [1.165, 1.54) is 16.0 Å². The number of fused-ring (bicyclic) bond motifs is 3. The Labute approximate surface area is 199 Å². The highest BCUT2D eigenvalue weighted by Gasteiger charge is 2.39. The van der Waals surface area contributed by atoms with Crippen molar-refractivity contribution in [3.05, 3.63) is 59.7 Å². The van der Waals surface area contributed by atoms with E-state index in [1.54, 1.807) is 0 Å². The number of carboxylic acid groups (broad SMARTS) is 1. The Kier molecular flexibility index (Phi) is 6.26. The lowest BCUT2D eigenvalue weighted by molar-refractivity contribution is -0.153.